The number of aromatic hydroxyl groups is 1. The van der Waals surface area contributed by atoms with Gasteiger partial charge < -0.3 is 5.11 Å². The minimum atomic E-state index is -3.83. The van der Waals surface area contributed by atoms with Gasteiger partial charge in [0, 0.05) is 12.1 Å². The van der Waals surface area contributed by atoms with Crippen LogP contribution in [0.4, 0.5) is 5.69 Å². The molecule has 1 aromatic carbocycles. The van der Waals surface area contributed by atoms with Crippen molar-refractivity contribution in [3.05, 3.63) is 28.3 Å². The molecule has 8 heteroatoms. The van der Waals surface area contributed by atoms with Crippen LogP contribution < -0.4 is 4.72 Å². The van der Waals surface area contributed by atoms with Crippen molar-refractivity contribution < 1.29 is 18.4 Å². The summed E-state index contributed by atoms with van der Waals surface area (Å²) in [6.07, 6.45) is 2.40. The first kappa shape index (κ1) is 15.7. The zero-order valence-electron chi connectivity index (χ0n) is 11.9. The molecule has 1 unspecified atom stereocenters. The van der Waals surface area contributed by atoms with Gasteiger partial charge >= 0.3 is 5.69 Å². The first-order valence-corrected chi connectivity index (χ1v) is 8.09. The molecule has 2 rings (SSSR count). The lowest BCUT2D eigenvalue weighted by Gasteiger charge is -2.17. The first-order valence-electron chi connectivity index (χ1n) is 6.60. The quantitative estimate of drug-likeness (QED) is 0.653. The molecule has 0 radical (unpaired) electrons. The van der Waals surface area contributed by atoms with Crippen molar-refractivity contribution in [2.45, 2.75) is 44.0 Å². The van der Waals surface area contributed by atoms with E-state index in [-0.39, 0.29) is 16.4 Å². The van der Waals surface area contributed by atoms with E-state index in [1.54, 1.807) is 0 Å². The Kier molecular flexibility index (Phi) is 3.94. The average Bonchev–Trinajstić information content (AvgIpc) is 2.67. The van der Waals surface area contributed by atoms with Gasteiger partial charge in [0.1, 0.15) is 0 Å². The highest BCUT2D eigenvalue weighted by atomic mass is 32.2. The highest BCUT2D eigenvalue weighted by Gasteiger charge is 2.34. The third-order valence-electron chi connectivity index (χ3n) is 3.74. The maximum atomic E-state index is 12.3. The van der Waals surface area contributed by atoms with Crippen LogP contribution >= 0.6 is 0 Å². The molecule has 1 atom stereocenters. The van der Waals surface area contributed by atoms with Gasteiger partial charge in [0.2, 0.25) is 10.0 Å². The Morgan fingerprint density at radius 2 is 2.10 bits per heavy atom. The molecule has 0 aromatic heterocycles. The van der Waals surface area contributed by atoms with Gasteiger partial charge in [0.15, 0.2) is 5.75 Å². The second-order valence-electron chi connectivity index (χ2n) is 6.13. The molecule has 0 saturated heterocycles. The van der Waals surface area contributed by atoms with Crippen LogP contribution in [0.15, 0.2) is 23.1 Å². The number of benzene rings is 1. The molecule has 0 amide bonds. The van der Waals surface area contributed by atoms with Gasteiger partial charge in [-0.05, 0) is 36.8 Å². The Hall–Kier alpha value is -1.67. The molecule has 0 spiro atoms. The standard InChI is InChI=1S/C13H18N2O5S/c1-13(2)6-5-9(8-13)14-21(19,20)10-3-4-12(16)11(7-10)15(17)18/h3-4,7,9,14,16H,5-6,8H2,1-2H3. The summed E-state index contributed by atoms with van der Waals surface area (Å²) >= 11 is 0. The van der Waals surface area contributed by atoms with Gasteiger partial charge in [-0.15, -0.1) is 0 Å². The van der Waals surface area contributed by atoms with Gasteiger partial charge in [0.25, 0.3) is 0 Å². The van der Waals surface area contributed by atoms with Crippen LogP contribution in [-0.4, -0.2) is 24.5 Å². The molecule has 1 aliphatic rings. The predicted molar refractivity (Wildman–Crippen MR) is 76.5 cm³/mol. The molecule has 116 valence electrons. The Morgan fingerprint density at radius 1 is 1.43 bits per heavy atom. The van der Waals surface area contributed by atoms with Crippen LogP contribution in [0.5, 0.6) is 5.75 Å². The van der Waals surface area contributed by atoms with E-state index in [0.717, 1.165) is 37.5 Å². The summed E-state index contributed by atoms with van der Waals surface area (Å²) in [5, 5.41) is 20.1. The first-order chi connectivity index (χ1) is 9.61. The number of phenols is 1. The largest absolute Gasteiger partial charge is 0.502 e. The van der Waals surface area contributed by atoms with Gasteiger partial charge in [-0.2, -0.15) is 0 Å². The minimum absolute atomic E-state index is 0.0914. The van der Waals surface area contributed by atoms with Crippen molar-refractivity contribution in [2.75, 3.05) is 0 Å². The monoisotopic (exact) mass is 314 g/mol. The molecule has 0 aliphatic heterocycles. The molecular weight excluding hydrogens is 296 g/mol. The number of rotatable bonds is 4. The van der Waals surface area contributed by atoms with E-state index in [9.17, 15) is 23.6 Å². The van der Waals surface area contributed by atoms with Crippen LogP contribution in [0.2, 0.25) is 0 Å². The molecule has 1 fully saturated rings. The van der Waals surface area contributed by atoms with Crippen molar-refractivity contribution in [3.63, 3.8) is 0 Å². The van der Waals surface area contributed by atoms with Crippen LogP contribution in [0.3, 0.4) is 0 Å². The summed E-state index contributed by atoms with van der Waals surface area (Å²) in [6.45, 7) is 4.15. The number of phenolic OH excluding ortho intramolecular Hbond substituents is 1. The summed E-state index contributed by atoms with van der Waals surface area (Å²) in [5.41, 5.74) is -0.529. The average molecular weight is 314 g/mol. The number of hydrogen-bond acceptors (Lipinski definition) is 5. The molecule has 2 N–H and O–H groups in total. The summed E-state index contributed by atoms with van der Waals surface area (Å²) in [7, 11) is -3.83. The second kappa shape index (κ2) is 5.27. The lowest BCUT2D eigenvalue weighted by Crippen LogP contribution is -2.33. The number of hydrogen-bond donors (Lipinski definition) is 2. The third kappa shape index (κ3) is 3.51. The maximum absolute atomic E-state index is 12.3. The van der Waals surface area contributed by atoms with Crippen LogP contribution in [-0.2, 0) is 10.0 Å². The van der Waals surface area contributed by atoms with Crippen LogP contribution in [0.25, 0.3) is 0 Å². The fourth-order valence-electron chi connectivity index (χ4n) is 2.64. The van der Waals surface area contributed by atoms with Crippen molar-refractivity contribution in [1.82, 2.24) is 4.72 Å². The Labute approximate surface area is 123 Å². The number of nitro groups is 1. The van der Waals surface area contributed by atoms with Gasteiger partial charge in [-0.3, -0.25) is 10.1 Å². The zero-order chi connectivity index (χ0) is 15.8. The third-order valence-corrected chi connectivity index (χ3v) is 5.26. The summed E-state index contributed by atoms with van der Waals surface area (Å²) < 4.78 is 27.1. The Balaban J connectivity index is 2.24. The number of nitrogens with zero attached hydrogens (tertiary/aromatic N) is 1. The lowest BCUT2D eigenvalue weighted by molar-refractivity contribution is -0.386. The number of nitrogens with one attached hydrogen (secondary N) is 1. The number of sulfonamides is 1. The lowest BCUT2D eigenvalue weighted by atomic mass is 9.92. The van der Waals surface area contributed by atoms with E-state index in [4.69, 9.17) is 0 Å². The van der Waals surface area contributed by atoms with E-state index in [1.807, 2.05) is 0 Å². The SMILES string of the molecule is CC1(C)CCC(NS(=O)(=O)c2ccc(O)c([N+](=O)[O-])c2)C1. The van der Waals surface area contributed by atoms with Crippen molar-refractivity contribution >= 4 is 15.7 Å². The smallest absolute Gasteiger partial charge is 0.312 e. The van der Waals surface area contributed by atoms with E-state index in [2.05, 4.69) is 18.6 Å². The van der Waals surface area contributed by atoms with Gasteiger partial charge in [0.05, 0.1) is 9.82 Å². The van der Waals surface area contributed by atoms with E-state index >= 15 is 0 Å². The highest BCUT2D eigenvalue weighted by Crippen LogP contribution is 2.37. The predicted octanol–water partition coefficient (Wildman–Crippen LogP) is 2.16. The molecule has 21 heavy (non-hydrogen) atoms. The Bertz CT molecular complexity index is 669. The van der Waals surface area contributed by atoms with Crippen LogP contribution in [0.1, 0.15) is 33.1 Å². The zero-order valence-corrected chi connectivity index (χ0v) is 12.7. The fourth-order valence-corrected chi connectivity index (χ4v) is 3.93. The molecule has 7 nitrogen and oxygen atoms in total. The molecule has 1 aromatic rings. The maximum Gasteiger partial charge on any atom is 0.312 e. The van der Waals surface area contributed by atoms with Crippen molar-refractivity contribution in [2.24, 2.45) is 5.41 Å². The number of nitro benzene ring substituents is 1. The normalized spacial score (nSPS) is 21.3. The summed E-state index contributed by atoms with van der Waals surface area (Å²) in [4.78, 5) is 9.74. The van der Waals surface area contributed by atoms with Crippen LogP contribution in [0, 0.1) is 15.5 Å². The fraction of sp³-hybridized carbons (Fsp3) is 0.538. The molecular formula is C13H18N2O5S. The van der Waals surface area contributed by atoms with Gasteiger partial charge in [-0.25, -0.2) is 13.1 Å². The van der Waals surface area contributed by atoms with E-state index in [1.165, 1.54) is 0 Å². The molecule has 1 aliphatic carbocycles. The van der Waals surface area contributed by atoms with Gasteiger partial charge in [-0.1, -0.05) is 13.8 Å². The molecule has 0 heterocycles. The summed E-state index contributed by atoms with van der Waals surface area (Å²) in [5.74, 6) is -0.555. The van der Waals surface area contributed by atoms with E-state index < -0.39 is 26.4 Å². The molecule has 1 saturated carbocycles. The summed E-state index contributed by atoms with van der Waals surface area (Å²) in [6, 6.07) is 2.88. The minimum Gasteiger partial charge on any atom is -0.502 e. The van der Waals surface area contributed by atoms with Crippen molar-refractivity contribution in [3.8, 4) is 5.75 Å². The van der Waals surface area contributed by atoms with E-state index in [0.29, 0.717) is 0 Å². The van der Waals surface area contributed by atoms with Crippen molar-refractivity contribution in [1.29, 1.82) is 0 Å². The molecule has 0 bridgehead atoms. The second-order valence-corrected chi connectivity index (χ2v) is 7.85. The Morgan fingerprint density at radius 3 is 2.62 bits per heavy atom. The highest BCUT2D eigenvalue weighted by molar-refractivity contribution is 7.89. The topological polar surface area (TPSA) is 110 Å².